The average molecular weight is 456 g/mol. The molecule has 3 atom stereocenters. The molecule has 31 heavy (non-hydrogen) atoms. The van der Waals surface area contributed by atoms with E-state index < -0.39 is 23.6 Å². The number of aliphatic carboxylic acids is 1. The molecule has 1 amide bonds. The Bertz CT molecular complexity index is 1040. The van der Waals surface area contributed by atoms with Gasteiger partial charge in [0.1, 0.15) is 0 Å². The zero-order valence-electron chi connectivity index (χ0n) is 17.8. The van der Waals surface area contributed by atoms with Crippen molar-refractivity contribution in [1.29, 1.82) is 0 Å². The molecule has 0 bridgehead atoms. The van der Waals surface area contributed by atoms with Crippen LogP contribution in [0.3, 0.4) is 0 Å². The van der Waals surface area contributed by atoms with Crippen LogP contribution >= 0.6 is 12.6 Å². The predicted molar refractivity (Wildman–Crippen MR) is 131 cm³/mol. The zero-order chi connectivity index (χ0) is 22.4. The summed E-state index contributed by atoms with van der Waals surface area (Å²) in [4.78, 5) is 28.0. The van der Waals surface area contributed by atoms with Gasteiger partial charge in [-0.2, -0.15) is 12.6 Å². The van der Waals surface area contributed by atoms with Crippen LogP contribution in [-0.4, -0.2) is 49.7 Å². The van der Waals surface area contributed by atoms with Crippen LogP contribution in [0.1, 0.15) is 16.7 Å². The van der Waals surface area contributed by atoms with Crippen molar-refractivity contribution in [2.24, 2.45) is 5.92 Å². The first-order valence-corrected chi connectivity index (χ1v) is 12.2. The van der Waals surface area contributed by atoms with Gasteiger partial charge in [-0.1, -0.05) is 48.0 Å². The maximum Gasteiger partial charge on any atom is 0.308 e. The summed E-state index contributed by atoms with van der Waals surface area (Å²) in [6.45, 7) is 2.57. The lowest BCUT2D eigenvalue weighted by Crippen LogP contribution is -2.52. The van der Waals surface area contributed by atoms with Crippen LogP contribution in [0, 0.1) is 12.8 Å². The number of hydrogen-bond acceptors (Lipinski definition) is 4. The quantitative estimate of drug-likeness (QED) is 0.237. The minimum absolute atomic E-state index is 0.215. The standard InChI is InChI=1S/C23H29N3O3SSi/c1-14-6-8-15(9-7-14)11-24-20(13-30)21(27)26-22(31)18(23(28)29)10-16-12-25-19-5-3-2-4-17(16)19/h2-9,12,18,20,22,24-25,30H,10-11,13H2,1,31H3,(H,26,27)(H,28,29)/t18-,20-,22?/m1/s1. The van der Waals surface area contributed by atoms with Crippen molar-refractivity contribution in [3.05, 3.63) is 71.4 Å². The Balaban J connectivity index is 1.63. The van der Waals surface area contributed by atoms with E-state index in [1.165, 1.54) is 5.56 Å². The number of hydrogen-bond donors (Lipinski definition) is 5. The third-order valence-electron chi connectivity index (χ3n) is 5.58. The highest BCUT2D eigenvalue weighted by Gasteiger charge is 2.29. The van der Waals surface area contributed by atoms with Crippen molar-refractivity contribution in [2.75, 3.05) is 5.75 Å². The molecule has 0 aliphatic carbocycles. The first-order chi connectivity index (χ1) is 14.9. The van der Waals surface area contributed by atoms with Gasteiger partial charge >= 0.3 is 5.97 Å². The summed E-state index contributed by atoms with van der Waals surface area (Å²) in [5, 5.41) is 17.0. The van der Waals surface area contributed by atoms with Crippen molar-refractivity contribution < 1.29 is 14.7 Å². The van der Waals surface area contributed by atoms with Gasteiger partial charge in [0.25, 0.3) is 0 Å². The lowest BCUT2D eigenvalue weighted by atomic mass is 9.98. The maximum absolute atomic E-state index is 12.8. The molecule has 1 aromatic heterocycles. The second-order valence-corrected chi connectivity index (χ2v) is 9.52. The van der Waals surface area contributed by atoms with E-state index in [0.29, 0.717) is 29.0 Å². The molecule has 8 heteroatoms. The van der Waals surface area contributed by atoms with Crippen molar-refractivity contribution >= 4 is 45.7 Å². The number of rotatable bonds is 10. The molecule has 0 aliphatic rings. The van der Waals surface area contributed by atoms with Gasteiger partial charge in [-0.05, 0) is 30.5 Å². The summed E-state index contributed by atoms with van der Waals surface area (Å²) in [6, 6.07) is 15.4. The normalized spacial score (nSPS) is 14.3. The van der Waals surface area contributed by atoms with E-state index in [9.17, 15) is 14.7 Å². The number of carbonyl (C=O) groups is 2. The fourth-order valence-corrected chi connectivity index (χ4v) is 4.73. The van der Waals surface area contributed by atoms with Crippen LogP contribution in [0.15, 0.2) is 54.7 Å². The van der Waals surface area contributed by atoms with E-state index in [1.807, 2.05) is 61.7 Å². The Morgan fingerprint density at radius 2 is 1.87 bits per heavy atom. The molecule has 3 rings (SSSR count). The summed E-state index contributed by atoms with van der Waals surface area (Å²) in [5.41, 5.74) is 3.78. The van der Waals surface area contributed by atoms with Gasteiger partial charge in [0, 0.05) is 45.3 Å². The minimum atomic E-state index is -0.902. The third-order valence-corrected chi connectivity index (χ3v) is 7.04. The number of aromatic amines is 1. The fourth-order valence-electron chi connectivity index (χ4n) is 3.63. The molecule has 0 aliphatic heterocycles. The van der Waals surface area contributed by atoms with E-state index in [1.54, 1.807) is 0 Å². The number of aromatic nitrogens is 1. The molecule has 3 aromatic rings. The summed E-state index contributed by atoms with van der Waals surface area (Å²) in [6.07, 6.45) is 2.21. The first kappa shape index (κ1) is 23.1. The molecule has 2 aromatic carbocycles. The Morgan fingerprint density at radius 3 is 2.55 bits per heavy atom. The summed E-state index contributed by atoms with van der Waals surface area (Å²) < 4.78 is 0. The van der Waals surface area contributed by atoms with Crippen molar-refractivity contribution in [3.63, 3.8) is 0 Å². The van der Waals surface area contributed by atoms with Gasteiger partial charge in [-0.3, -0.25) is 9.59 Å². The summed E-state index contributed by atoms with van der Waals surface area (Å²) in [5.74, 6) is -1.48. The second-order valence-electron chi connectivity index (χ2n) is 7.91. The number of H-pyrrole nitrogens is 1. The Labute approximate surface area is 190 Å². The van der Waals surface area contributed by atoms with Gasteiger partial charge < -0.3 is 20.7 Å². The highest BCUT2D eigenvalue weighted by atomic mass is 32.1. The molecule has 1 unspecified atom stereocenters. The lowest BCUT2D eigenvalue weighted by Gasteiger charge is -2.24. The zero-order valence-corrected chi connectivity index (χ0v) is 20.7. The molecule has 6 nitrogen and oxygen atoms in total. The number of para-hydroxylation sites is 1. The Hall–Kier alpha value is -2.55. The molecule has 4 N–H and O–H groups in total. The molecule has 0 fully saturated rings. The van der Waals surface area contributed by atoms with Crippen molar-refractivity contribution in [2.45, 2.75) is 31.6 Å². The molecular weight excluding hydrogens is 426 g/mol. The molecule has 0 saturated heterocycles. The third kappa shape index (κ3) is 6.00. The molecule has 1 heterocycles. The SMILES string of the molecule is Cc1ccc(CN[C@H](CS)C(=O)NC([SiH3])[C@@H](Cc2c[nH]c3ccccc23)C(=O)O)cc1. The van der Waals surface area contributed by atoms with Crippen LogP contribution in [0.5, 0.6) is 0 Å². The Morgan fingerprint density at radius 1 is 1.16 bits per heavy atom. The number of thiol groups is 1. The van der Waals surface area contributed by atoms with Crippen LogP contribution < -0.4 is 10.6 Å². The van der Waals surface area contributed by atoms with Crippen LogP contribution in [0.25, 0.3) is 10.9 Å². The summed E-state index contributed by atoms with van der Waals surface area (Å²) in [7, 11) is 0.519. The fraction of sp³-hybridized carbons (Fsp3) is 0.304. The van der Waals surface area contributed by atoms with Gasteiger partial charge in [0.05, 0.1) is 12.0 Å². The molecular formula is C23H29N3O3SSi. The van der Waals surface area contributed by atoms with Gasteiger partial charge in [-0.25, -0.2) is 0 Å². The van der Waals surface area contributed by atoms with E-state index in [-0.39, 0.29) is 5.91 Å². The number of carboxylic acid groups (broad SMARTS) is 1. The lowest BCUT2D eigenvalue weighted by molar-refractivity contribution is -0.142. The number of amides is 1. The number of nitrogens with one attached hydrogen (secondary N) is 3. The number of carbonyl (C=O) groups excluding carboxylic acids is 1. The van der Waals surface area contributed by atoms with Crippen LogP contribution in [0.2, 0.25) is 0 Å². The largest absolute Gasteiger partial charge is 0.481 e. The van der Waals surface area contributed by atoms with Gasteiger partial charge in [0.15, 0.2) is 0 Å². The van der Waals surface area contributed by atoms with E-state index in [4.69, 9.17) is 0 Å². The smallest absolute Gasteiger partial charge is 0.308 e. The van der Waals surface area contributed by atoms with Crippen LogP contribution in [-0.2, 0) is 22.6 Å². The topological polar surface area (TPSA) is 94.2 Å². The van der Waals surface area contributed by atoms with Crippen molar-refractivity contribution in [1.82, 2.24) is 15.6 Å². The predicted octanol–water partition coefficient (Wildman–Crippen LogP) is 1.62. The van der Waals surface area contributed by atoms with Gasteiger partial charge in [0.2, 0.25) is 5.91 Å². The molecule has 164 valence electrons. The van der Waals surface area contributed by atoms with Crippen LogP contribution in [0.4, 0.5) is 0 Å². The van der Waals surface area contributed by atoms with E-state index in [0.717, 1.165) is 22.0 Å². The summed E-state index contributed by atoms with van der Waals surface area (Å²) >= 11 is 4.31. The highest BCUT2D eigenvalue weighted by molar-refractivity contribution is 7.80. The molecule has 0 radical (unpaired) electrons. The monoisotopic (exact) mass is 455 g/mol. The number of fused-ring (bicyclic) bond motifs is 1. The minimum Gasteiger partial charge on any atom is -0.481 e. The maximum atomic E-state index is 12.8. The van der Waals surface area contributed by atoms with Crippen molar-refractivity contribution in [3.8, 4) is 0 Å². The Kier molecular flexibility index (Phi) is 7.95. The van der Waals surface area contributed by atoms with Gasteiger partial charge in [-0.15, -0.1) is 0 Å². The second kappa shape index (κ2) is 10.7. The highest BCUT2D eigenvalue weighted by Crippen LogP contribution is 2.22. The first-order valence-electron chi connectivity index (χ1n) is 10.4. The molecule has 0 spiro atoms. The average Bonchev–Trinajstić information content (AvgIpc) is 3.16. The van der Waals surface area contributed by atoms with E-state index in [2.05, 4.69) is 28.2 Å². The number of benzene rings is 2. The number of carboxylic acids is 1. The van der Waals surface area contributed by atoms with E-state index >= 15 is 0 Å². The molecule has 0 saturated carbocycles. The number of aryl methyl sites for hydroxylation is 1.